The molecule has 16 nitrogen and oxygen atoms in total. The predicted molar refractivity (Wildman–Crippen MR) is 549 cm³/mol. The topological polar surface area (TPSA) is 242 Å². The van der Waals surface area contributed by atoms with Crippen molar-refractivity contribution in [1.29, 1.82) is 10.5 Å². The number of allylic oxidation sites excluding steroid dienone is 10. The standard InChI is InChI=1S/C48H50N2O4S.C42H28O4S.C28H18N6S/c1-47(2)35-21-29-30-22-36-28(20-40(48(36,3)4)50-42-45(53)33-15-25-11-7-8-12-26(25)16-34(33)46(42)54)18-38(30)55-37(29)17-27(35)19-39(47)49-41-43(51)31-13-23-9-5-6-10-24(23)14-32(31)44(41)52;1-41(2)23(17-31-25-9-5-7-11-27(25)37(43)39(31)45)13-21-15-35-29(19-33(21)41)30-20-34-22(16-36(30)47-35)14-24(42(34,3)4)18-32-26-10-6-8-12-28(26)38(44)40(32)46;1-27(2)19-11-17-18-12-20-16(10-24(28(20,3)4)34-26(14-30)32-6)8-22(18)35-21(17)7-15(19)9-23(27)33-25(13-29)31-5/h17-26,31-34H,5-16H2,1-4H3;5-20H,1-4H3;7-12H,1-4H3/b;31-17-,32-18-;. The molecule has 6 fully saturated rings. The molecule has 674 valence electrons. The molecule has 0 N–H and O–H groups in total. The van der Waals surface area contributed by atoms with Gasteiger partial charge in [0.15, 0.2) is 23.1 Å². The van der Waals surface area contributed by atoms with E-state index in [0.29, 0.717) is 68.5 Å². The quantitative estimate of drug-likeness (QED) is 0.0501. The van der Waals surface area contributed by atoms with Gasteiger partial charge in [-0.1, -0.05) is 181 Å². The summed E-state index contributed by atoms with van der Waals surface area (Å²) < 4.78 is 7.07. The molecule has 0 bridgehead atoms. The van der Waals surface area contributed by atoms with Gasteiger partial charge < -0.3 is 9.69 Å². The highest BCUT2D eigenvalue weighted by atomic mass is 32.1. The average Bonchev–Trinajstić information content (AvgIpc) is 1.56. The summed E-state index contributed by atoms with van der Waals surface area (Å²) in [4.78, 5) is 131. The van der Waals surface area contributed by atoms with Gasteiger partial charge in [-0.2, -0.15) is 0 Å². The van der Waals surface area contributed by atoms with Gasteiger partial charge in [-0.25, -0.2) is 20.5 Å². The summed E-state index contributed by atoms with van der Waals surface area (Å²) in [5.74, 6) is -0.600. The lowest BCUT2D eigenvalue weighted by Gasteiger charge is -2.39. The summed E-state index contributed by atoms with van der Waals surface area (Å²) in [7, 11) is 0. The Labute approximate surface area is 805 Å². The highest BCUT2D eigenvalue weighted by Gasteiger charge is 2.56. The van der Waals surface area contributed by atoms with Crippen molar-refractivity contribution in [3.63, 3.8) is 0 Å². The van der Waals surface area contributed by atoms with E-state index in [1.54, 1.807) is 58.3 Å². The minimum atomic E-state index is -0.469. The molecule has 3 heterocycles. The number of amidine groups is 2. The fourth-order valence-electron chi connectivity index (χ4n) is 25.5. The van der Waals surface area contributed by atoms with Crippen LogP contribution < -0.4 is 0 Å². The Morgan fingerprint density at radius 3 is 0.861 bits per heavy atom. The van der Waals surface area contributed by atoms with Gasteiger partial charge in [0.05, 0.1) is 22.2 Å². The Kier molecular flexibility index (Phi) is 19.7. The van der Waals surface area contributed by atoms with Crippen LogP contribution in [0.5, 0.6) is 0 Å². The van der Waals surface area contributed by atoms with Crippen molar-refractivity contribution in [2.24, 2.45) is 67.3 Å². The molecule has 8 aromatic carbocycles. The normalized spacial score (nSPS) is 25.2. The summed E-state index contributed by atoms with van der Waals surface area (Å²) in [6.45, 7) is 39.9. The van der Waals surface area contributed by atoms with Crippen molar-refractivity contribution < 1.29 is 38.4 Å². The van der Waals surface area contributed by atoms with Crippen molar-refractivity contribution in [1.82, 2.24) is 0 Å². The number of rotatable bonds is 6. The number of ketones is 8. The monoisotopic (exact) mass is 1850 g/mol. The van der Waals surface area contributed by atoms with Crippen molar-refractivity contribution >= 4 is 211 Å². The number of carbonyl (C=O) groups excluding carboxylic acids is 8. The first kappa shape index (κ1) is 87.4. The molecule has 14 aliphatic carbocycles. The number of hydrogen-bond acceptors (Lipinski definition) is 17. The summed E-state index contributed by atoms with van der Waals surface area (Å²) in [5.41, 5.74) is 19.6. The van der Waals surface area contributed by atoms with Crippen molar-refractivity contribution in [3.05, 3.63) is 279 Å². The van der Waals surface area contributed by atoms with E-state index in [1.807, 2.05) is 60.7 Å². The molecule has 25 rings (SSSR count). The second kappa shape index (κ2) is 30.9. The van der Waals surface area contributed by atoms with Crippen molar-refractivity contribution in [2.45, 2.75) is 193 Å². The van der Waals surface area contributed by atoms with Gasteiger partial charge >= 0.3 is 11.7 Å². The van der Waals surface area contributed by atoms with E-state index >= 15 is 0 Å². The van der Waals surface area contributed by atoms with Crippen LogP contribution in [0.2, 0.25) is 0 Å². The maximum atomic E-state index is 13.8. The lowest BCUT2D eigenvalue weighted by molar-refractivity contribution is -0.123. The fourth-order valence-corrected chi connectivity index (χ4v) is 29.0. The van der Waals surface area contributed by atoms with Crippen molar-refractivity contribution in [2.75, 3.05) is 0 Å². The molecule has 137 heavy (non-hydrogen) atoms. The lowest BCUT2D eigenvalue weighted by Crippen LogP contribution is -2.35. The number of carbonyl (C=O) groups is 8. The SMILES string of the molecule is CC1(C)C(/C=C2\C(=O)C(=O)c3ccccc32)=Cc2cc3sc4cc5c(cc4c3cc21)C(C)(C)C(/C=C1\C(=O)C(=O)c2ccccc21)=C5.CC1(C)C(N=C2C(=O)C3CC4CCCCC4CC3C2=O)=Cc2cc3sc4cc5c(cc4c3cc21)C(C)(C)C(N=C1C(=O)C2CC3CCCCC3CC2C1=O)=C5.[C-]#[N+]C(C#N)=NC1=Cc2cc3sc4cc5c(cc4c3cc2C1(C)C)C(C)(C)C(N=C(C#N)[N+]#[C-])=C5. The predicted octanol–water partition coefficient (Wildman–Crippen LogP) is 26.3. The Hall–Kier alpha value is -13.7. The van der Waals surface area contributed by atoms with E-state index in [0.717, 1.165) is 124 Å². The Morgan fingerprint density at radius 2 is 0.591 bits per heavy atom. The maximum Gasteiger partial charge on any atom is 0.349 e. The minimum Gasteiger partial charge on any atom is -0.351 e. The molecule has 0 radical (unpaired) electrons. The Bertz CT molecular complexity index is 7690. The highest BCUT2D eigenvalue weighted by Crippen LogP contribution is 2.58. The van der Waals surface area contributed by atoms with Gasteiger partial charge in [0.2, 0.25) is 23.1 Å². The average molecular weight is 1850 g/mol. The van der Waals surface area contributed by atoms with Crippen LogP contribution in [0.15, 0.2) is 187 Å². The van der Waals surface area contributed by atoms with Crippen LogP contribution in [0, 0.1) is 83.1 Å². The van der Waals surface area contributed by atoms with Gasteiger partial charge in [-0.05, 0) is 275 Å². The number of benzene rings is 8. The summed E-state index contributed by atoms with van der Waals surface area (Å²) in [6.07, 6.45) is 29.4. The number of nitriles is 2. The van der Waals surface area contributed by atoms with Crippen LogP contribution in [-0.2, 0) is 61.3 Å². The Morgan fingerprint density at radius 1 is 0.343 bits per heavy atom. The molecular weight excluding hydrogens is 1750 g/mol. The van der Waals surface area contributed by atoms with Gasteiger partial charge in [0, 0.05) is 128 Å². The third kappa shape index (κ3) is 13.2. The molecular formula is C118H96N8O8S3. The molecule has 14 aliphatic rings. The van der Waals surface area contributed by atoms with E-state index in [-0.39, 0.29) is 80.7 Å². The van der Waals surface area contributed by atoms with Crippen LogP contribution >= 0.6 is 34.0 Å². The molecule has 3 aromatic heterocycles. The largest absolute Gasteiger partial charge is 0.351 e. The molecule has 19 heteroatoms. The van der Waals surface area contributed by atoms with E-state index in [1.165, 1.54) is 103 Å². The zero-order valence-electron chi connectivity index (χ0n) is 78.3. The second-order valence-electron chi connectivity index (χ2n) is 43.2. The molecule has 8 atom stereocenters. The van der Waals surface area contributed by atoms with E-state index < -0.39 is 44.8 Å². The van der Waals surface area contributed by atoms with Crippen LogP contribution in [0.3, 0.4) is 0 Å². The first-order valence-electron chi connectivity index (χ1n) is 47.8. The van der Waals surface area contributed by atoms with Crippen LogP contribution in [0.25, 0.3) is 118 Å². The number of Topliss-reactive ketones (excluding diaryl/α,β-unsaturated/α-hetero) is 8. The zero-order valence-corrected chi connectivity index (χ0v) is 80.8. The van der Waals surface area contributed by atoms with E-state index in [4.69, 9.17) is 33.7 Å². The van der Waals surface area contributed by atoms with Gasteiger partial charge in [0.25, 0.3) is 0 Å². The van der Waals surface area contributed by atoms with Gasteiger partial charge in [0.1, 0.15) is 35.0 Å². The van der Waals surface area contributed by atoms with Crippen molar-refractivity contribution in [3.8, 4) is 12.1 Å². The van der Waals surface area contributed by atoms with Gasteiger partial charge in [-0.15, -0.1) is 44.0 Å². The second-order valence-corrected chi connectivity index (χ2v) is 46.4. The third-order valence-electron chi connectivity index (χ3n) is 33.6. The maximum absolute atomic E-state index is 13.8. The first-order valence-corrected chi connectivity index (χ1v) is 50.3. The Balaban J connectivity index is 0.000000118. The summed E-state index contributed by atoms with van der Waals surface area (Å²) >= 11 is 5.23. The van der Waals surface area contributed by atoms with E-state index in [9.17, 15) is 38.4 Å². The molecule has 0 aliphatic heterocycles. The van der Waals surface area contributed by atoms with Gasteiger partial charge in [-0.3, -0.25) is 38.4 Å². The molecule has 8 unspecified atom stereocenters. The molecule has 0 saturated heterocycles. The number of aliphatic imine (C=N–C) groups is 4. The lowest BCUT2D eigenvalue weighted by atomic mass is 9.64. The smallest absolute Gasteiger partial charge is 0.349 e. The van der Waals surface area contributed by atoms with E-state index in [2.05, 4.69) is 200 Å². The van der Waals surface area contributed by atoms with Crippen LogP contribution in [-0.4, -0.2) is 69.4 Å². The number of fused-ring (bicyclic) bond motifs is 21. The first-order chi connectivity index (χ1) is 65.5. The van der Waals surface area contributed by atoms with Crippen LogP contribution in [0.4, 0.5) is 0 Å². The zero-order chi connectivity index (χ0) is 95.4. The molecule has 6 saturated carbocycles. The highest BCUT2D eigenvalue weighted by molar-refractivity contribution is 7.26. The summed E-state index contributed by atoms with van der Waals surface area (Å²) in [6, 6.07) is 45.1. The number of hydrogen-bond donors (Lipinski definition) is 0. The number of thiophene rings is 3. The fraction of sp³-hybridized carbons (Fsp3) is 0.322. The molecule has 0 spiro atoms. The molecule has 11 aromatic rings. The molecule has 0 amide bonds. The number of nitrogens with zero attached hydrogens (tertiary/aromatic N) is 8. The summed E-state index contributed by atoms with van der Waals surface area (Å²) in [5, 5.41) is 25.4. The van der Waals surface area contributed by atoms with Crippen LogP contribution in [0.1, 0.15) is 259 Å². The minimum absolute atomic E-state index is 0.0222. The third-order valence-corrected chi connectivity index (χ3v) is 37.0.